The molecule has 3 nitrogen and oxygen atoms in total. The summed E-state index contributed by atoms with van der Waals surface area (Å²) < 4.78 is 21.0. The number of fused-ring (bicyclic) bond motifs is 1. The minimum absolute atomic E-state index is 0.0715. The molecule has 0 aromatic heterocycles. The second-order valence-corrected chi connectivity index (χ2v) is 8.18. The van der Waals surface area contributed by atoms with Crippen molar-refractivity contribution >= 4 is 11.0 Å². The number of rotatable bonds is 4. The van der Waals surface area contributed by atoms with Gasteiger partial charge in [0.1, 0.15) is 0 Å². The van der Waals surface area contributed by atoms with Crippen LogP contribution in [-0.2, 0) is 15.7 Å². The molecule has 4 heteroatoms. The Balaban J connectivity index is 2.03. The number of nitrogens with one attached hydrogen (secondary N) is 1. The highest BCUT2D eigenvalue weighted by Gasteiger charge is 2.55. The van der Waals surface area contributed by atoms with Crippen LogP contribution in [0, 0.1) is 5.92 Å². The van der Waals surface area contributed by atoms with E-state index in [1.807, 2.05) is 27.7 Å². The lowest BCUT2D eigenvalue weighted by Crippen LogP contribution is -2.49. The second-order valence-electron chi connectivity index (χ2n) is 6.22. The van der Waals surface area contributed by atoms with Gasteiger partial charge in [0, 0.05) is 17.9 Å². The van der Waals surface area contributed by atoms with E-state index in [9.17, 15) is 4.21 Å². The lowest BCUT2D eigenvalue weighted by Gasteiger charge is -2.31. The minimum Gasteiger partial charge on any atom is -0.498 e. The summed E-state index contributed by atoms with van der Waals surface area (Å²) in [6.07, 6.45) is 1.99. The van der Waals surface area contributed by atoms with Crippen LogP contribution in [0.25, 0.3) is 0 Å². The number of hydrogen-bond donors (Lipinski definition) is 1. The van der Waals surface area contributed by atoms with Gasteiger partial charge in [0.2, 0.25) is 0 Å². The quantitative estimate of drug-likeness (QED) is 0.840. The molecule has 98 valence electrons. The smallest absolute Gasteiger partial charge is 0.0975 e. The van der Waals surface area contributed by atoms with Gasteiger partial charge in [-0.15, -0.1) is 0 Å². The summed E-state index contributed by atoms with van der Waals surface area (Å²) in [6.45, 7) is 10.9. The Labute approximate surface area is 107 Å². The molecule has 17 heavy (non-hydrogen) atoms. The van der Waals surface area contributed by atoms with Crippen LogP contribution < -0.4 is 4.72 Å². The van der Waals surface area contributed by atoms with Crippen molar-refractivity contribution in [2.75, 3.05) is 6.61 Å². The Morgan fingerprint density at radius 1 is 1.53 bits per heavy atom. The summed E-state index contributed by atoms with van der Waals surface area (Å²) in [5.74, 6) is 1.67. The first-order valence-electron chi connectivity index (χ1n) is 6.32. The molecule has 0 radical (unpaired) electrons. The number of hydrogen-bond acceptors (Lipinski definition) is 2. The third kappa shape index (κ3) is 2.43. The molecule has 0 bridgehead atoms. The molecule has 0 heterocycles. The van der Waals surface area contributed by atoms with Crippen LogP contribution in [0.2, 0.25) is 0 Å². The zero-order valence-electron chi connectivity index (χ0n) is 11.4. The first kappa shape index (κ1) is 13.1. The summed E-state index contributed by atoms with van der Waals surface area (Å²) in [4.78, 5) is 0. The molecule has 1 fully saturated rings. The van der Waals surface area contributed by atoms with E-state index in [4.69, 9.17) is 4.74 Å². The highest BCUT2D eigenvalue weighted by atomic mass is 32.2. The van der Waals surface area contributed by atoms with Crippen LogP contribution in [0.4, 0.5) is 0 Å². The fourth-order valence-corrected chi connectivity index (χ4v) is 3.38. The average Bonchev–Trinajstić information content (AvgIpc) is 2.90. The van der Waals surface area contributed by atoms with E-state index in [0.29, 0.717) is 5.92 Å². The van der Waals surface area contributed by atoms with Gasteiger partial charge in [-0.2, -0.15) is 0 Å². The Kier molecular flexibility index (Phi) is 3.15. The van der Waals surface area contributed by atoms with Crippen molar-refractivity contribution in [3.05, 3.63) is 11.3 Å². The fraction of sp³-hybridized carbons (Fsp3) is 0.846. The van der Waals surface area contributed by atoms with Crippen molar-refractivity contribution in [3.63, 3.8) is 0 Å². The van der Waals surface area contributed by atoms with Gasteiger partial charge < -0.3 is 4.74 Å². The largest absolute Gasteiger partial charge is 0.498 e. The summed E-state index contributed by atoms with van der Waals surface area (Å²) >= 11 is 0. The van der Waals surface area contributed by atoms with Gasteiger partial charge >= 0.3 is 0 Å². The SMILES string of the molecule is CCOC1=C2CC2C(C)(NS(=O)C(C)(C)C)C1. The molecule has 0 spiro atoms. The van der Waals surface area contributed by atoms with Crippen molar-refractivity contribution in [3.8, 4) is 0 Å². The molecule has 0 aliphatic heterocycles. The first-order valence-corrected chi connectivity index (χ1v) is 7.47. The highest BCUT2D eigenvalue weighted by molar-refractivity contribution is 7.84. The van der Waals surface area contributed by atoms with Gasteiger partial charge in [0.05, 0.1) is 28.1 Å². The maximum absolute atomic E-state index is 12.2. The monoisotopic (exact) mass is 257 g/mol. The topological polar surface area (TPSA) is 38.3 Å². The lowest BCUT2D eigenvalue weighted by atomic mass is 9.96. The van der Waals surface area contributed by atoms with E-state index >= 15 is 0 Å². The van der Waals surface area contributed by atoms with Crippen LogP contribution in [-0.4, -0.2) is 21.1 Å². The van der Waals surface area contributed by atoms with Crippen LogP contribution in [0.3, 0.4) is 0 Å². The molecule has 0 aromatic carbocycles. The molecule has 0 amide bonds. The Morgan fingerprint density at radius 2 is 2.18 bits per heavy atom. The average molecular weight is 257 g/mol. The van der Waals surface area contributed by atoms with Crippen molar-refractivity contribution in [2.24, 2.45) is 5.92 Å². The third-order valence-electron chi connectivity index (χ3n) is 3.54. The maximum Gasteiger partial charge on any atom is 0.0975 e. The van der Waals surface area contributed by atoms with E-state index in [1.54, 1.807) is 0 Å². The summed E-state index contributed by atoms with van der Waals surface area (Å²) in [5.41, 5.74) is 1.37. The van der Waals surface area contributed by atoms with Gasteiger partial charge in [-0.05, 0) is 46.6 Å². The maximum atomic E-state index is 12.2. The summed E-state index contributed by atoms with van der Waals surface area (Å²) in [7, 11) is -1.01. The molecule has 2 rings (SSSR count). The first-order chi connectivity index (χ1) is 7.78. The van der Waals surface area contributed by atoms with Crippen molar-refractivity contribution in [2.45, 2.75) is 57.7 Å². The van der Waals surface area contributed by atoms with Crippen molar-refractivity contribution < 1.29 is 8.95 Å². The van der Waals surface area contributed by atoms with E-state index in [-0.39, 0.29) is 10.3 Å². The van der Waals surface area contributed by atoms with Crippen LogP contribution in [0.5, 0.6) is 0 Å². The molecule has 0 saturated heterocycles. The fourth-order valence-electron chi connectivity index (χ4n) is 2.44. The van der Waals surface area contributed by atoms with Crippen molar-refractivity contribution in [1.29, 1.82) is 0 Å². The van der Waals surface area contributed by atoms with Gasteiger partial charge in [0.25, 0.3) is 0 Å². The lowest BCUT2D eigenvalue weighted by molar-refractivity contribution is 0.204. The second kappa shape index (κ2) is 4.09. The predicted octanol–water partition coefficient (Wildman–Crippen LogP) is 2.51. The van der Waals surface area contributed by atoms with E-state index in [0.717, 1.165) is 25.2 Å². The third-order valence-corrected chi connectivity index (χ3v) is 5.30. The van der Waals surface area contributed by atoms with Gasteiger partial charge in [-0.3, -0.25) is 0 Å². The molecule has 2 aliphatic rings. The van der Waals surface area contributed by atoms with Gasteiger partial charge in [-0.1, -0.05) is 0 Å². The van der Waals surface area contributed by atoms with Gasteiger partial charge in [0.15, 0.2) is 0 Å². The zero-order valence-corrected chi connectivity index (χ0v) is 12.2. The minimum atomic E-state index is -1.01. The molecule has 3 atom stereocenters. The predicted molar refractivity (Wildman–Crippen MR) is 70.8 cm³/mol. The molecular weight excluding hydrogens is 234 g/mol. The Morgan fingerprint density at radius 3 is 2.71 bits per heavy atom. The standard InChI is InChI=1S/C13H23NO2S/c1-6-16-11-8-13(5,10-7-9(10)11)14-17(15)12(2,3)4/h10,14H,6-8H2,1-5H3. The summed E-state index contributed by atoms with van der Waals surface area (Å²) in [6, 6.07) is 0. The summed E-state index contributed by atoms with van der Waals surface area (Å²) in [5, 5.41) is 0. The molecule has 2 aliphatic carbocycles. The normalized spacial score (nSPS) is 33.6. The van der Waals surface area contributed by atoms with Gasteiger partial charge in [-0.25, -0.2) is 8.93 Å². The van der Waals surface area contributed by atoms with Crippen molar-refractivity contribution in [1.82, 2.24) is 4.72 Å². The highest BCUT2D eigenvalue weighted by Crippen LogP contribution is 2.57. The van der Waals surface area contributed by atoms with E-state index < -0.39 is 11.0 Å². The van der Waals surface area contributed by atoms with Crippen LogP contribution in [0.1, 0.15) is 47.5 Å². The van der Waals surface area contributed by atoms with E-state index in [1.165, 1.54) is 5.57 Å². The van der Waals surface area contributed by atoms with Crippen LogP contribution >= 0.6 is 0 Å². The van der Waals surface area contributed by atoms with E-state index in [2.05, 4.69) is 11.6 Å². The Bertz CT molecular complexity index is 383. The Hall–Kier alpha value is -0.350. The molecular formula is C13H23NO2S. The molecule has 1 saturated carbocycles. The number of ether oxygens (including phenoxy) is 1. The molecule has 0 aromatic rings. The molecule has 3 unspecified atom stereocenters. The zero-order chi connectivity index (χ0) is 12.8. The van der Waals surface area contributed by atoms with Crippen LogP contribution in [0.15, 0.2) is 11.3 Å². The molecule has 1 N–H and O–H groups in total.